The number of carbonyl (C=O) groups excluding carboxylic acids is 3. The Bertz CT molecular complexity index is 1490. The molecule has 0 saturated carbocycles. The molecule has 12 heteroatoms. The number of aryl methyl sites for hydroxylation is 1. The van der Waals surface area contributed by atoms with Crippen molar-refractivity contribution in [2.24, 2.45) is 17.3 Å². The fraction of sp³-hybridized carbons (Fsp3) is 0.568. The van der Waals surface area contributed by atoms with Gasteiger partial charge in [-0.05, 0) is 45.6 Å². The van der Waals surface area contributed by atoms with Gasteiger partial charge < -0.3 is 39.4 Å². The van der Waals surface area contributed by atoms with E-state index >= 15 is 0 Å². The van der Waals surface area contributed by atoms with Crippen LogP contribution in [0.15, 0.2) is 70.9 Å². The molecule has 0 aliphatic carbocycles. The summed E-state index contributed by atoms with van der Waals surface area (Å²) in [6.07, 6.45) is 14.7. The highest BCUT2D eigenvalue weighted by molar-refractivity contribution is 5.99. The Morgan fingerprint density at radius 3 is 2.43 bits per heavy atom. The number of hydrogen-bond acceptors (Lipinski definition) is 10. The molecule has 49 heavy (non-hydrogen) atoms. The Hall–Kier alpha value is -3.84. The van der Waals surface area contributed by atoms with Gasteiger partial charge in [0.05, 0.1) is 35.8 Å². The third-order valence-corrected chi connectivity index (χ3v) is 9.97. The van der Waals surface area contributed by atoms with E-state index in [4.69, 9.17) is 13.9 Å². The molecule has 2 aliphatic heterocycles. The third-order valence-electron chi connectivity index (χ3n) is 9.97. The third kappa shape index (κ3) is 7.82. The molecule has 0 aromatic carbocycles. The summed E-state index contributed by atoms with van der Waals surface area (Å²) < 4.78 is 16.3. The number of likely N-dealkylation sites (N-methyl/N-ethyl adjacent to an activating group) is 1. The minimum atomic E-state index is -1.86. The molecular formula is C37H53N3O9. The molecule has 2 fully saturated rings. The molecule has 2 amide bonds. The van der Waals surface area contributed by atoms with E-state index in [-0.39, 0.29) is 24.8 Å². The fourth-order valence-corrected chi connectivity index (χ4v) is 6.76. The number of esters is 1. The number of aliphatic hydroxyl groups excluding tert-OH is 2. The number of amides is 2. The van der Waals surface area contributed by atoms with Gasteiger partial charge in [0, 0.05) is 34.0 Å². The van der Waals surface area contributed by atoms with Crippen molar-refractivity contribution < 1.29 is 43.6 Å². The molecule has 2 saturated heterocycles. The molecule has 0 radical (unpaired) electrons. The van der Waals surface area contributed by atoms with Gasteiger partial charge >= 0.3 is 5.97 Å². The van der Waals surface area contributed by atoms with Crippen molar-refractivity contribution in [2.45, 2.75) is 96.9 Å². The fourth-order valence-electron chi connectivity index (χ4n) is 6.76. The minimum absolute atomic E-state index is 0.159. The van der Waals surface area contributed by atoms with Crippen molar-refractivity contribution in [3.05, 3.63) is 78.1 Å². The van der Waals surface area contributed by atoms with Crippen LogP contribution in [0, 0.1) is 24.2 Å². The summed E-state index contributed by atoms with van der Waals surface area (Å²) in [4.78, 5) is 43.9. The van der Waals surface area contributed by atoms with Crippen LogP contribution >= 0.6 is 0 Å². The molecule has 2 aliphatic rings. The average Bonchev–Trinajstić information content (AvgIpc) is 3.55. The molecule has 1 aromatic heterocycles. The van der Waals surface area contributed by atoms with Crippen molar-refractivity contribution in [3.8, 4) is 0 Å². The van der Waals surface area contributed by atoms with E-state index in [0.29, 0.717) is 17.9 Å². The summed E-state index contributed by atoms with van der Waals surface area (Å²) in [5, 5.41) is 36.5. The van der Waals surface area contributed by atoms with Crippen LogP contribution in [0.3, 0.4) is 0 Å². The minimum Gasteiger partial charge on any atom is -0.457 e. The van der Waals surface area contributed by atoms with Crippen LogP contribution in [0.1, 0.15) is 59.6 Å². The molecule has 0 unspecified atom stereocenters. The van der Waals surface area contributed by atoms with E-state index in [9.17, 15) is 29.7 Å². The zero-order valence-corrected chi connectivity index (χ0v) is 30.0. The standard InChI is InChI=1S/C37H53N3O9/c1-23(17-13-10-11-14-18-28-22-39-27(5)49-28)31(42)35(6,7)33(44)38-20-16-12-15-19-29(41)24(2)21-30(47-9)37(46)25(3)32(43)40(8)36(37)26(4)48-34(36)45/h10-17,19,22,24-26,29-31,41-42,46H,18,20-21H2,1-9H3,(H,38,44)/b13-10-,14-11+,16-12+,19-15+,23-17-/t24-,25+,26-,29+,30+,31-,36-,37-/m1/s1. The lowest BCUT2D eigenvalue weighted by atomic mass is 9.65. The van der Waals surface area contributed by atoms with Gasteiger partial charge in [-0.1, -0.05) is 68.5 Å². The topological polar surface area (TPSA) is 172 Å². The van der Waals surface area contributed by atoms with Crippen LogP contribution < -0.4 is 5.32 Å². The number of nitrogens with zero attached hydrogens (tertiary/aromatic N) is 2. The number of nitrogens with one attached hydrogen (secondary N) is 1. The average molecular weight is 684 g/mol. The van der Waals surface area contributed by atoms with Gasteiger partial charge in [-0.3, -0.25) is 9.59 Å². The lowest BCUT2D eigenvalue weighted by molar-refractivity contribution is -0.255. The lowest BCUT2D eigenvalue weighted by Crippen LogP contribution is -2.80. The number of methoxy groups -OCH3 is 1. The summed E-state index contributed by atoms with van der Waals surface area (Å²) in [5.41, 5.74) is -3.88. The van der Waals surface area contributed by atoms with Crippen LogP contribution in [-0.4, -0.2) is 99.2 Å². The monoisotopic (exact) mass is 683 g/mol. The van der Waals surface area contributed by atoms with E-state index in [1.807, 2.05) is 18.2 Å². The molecule has 8 atom stereocenters. The first-order valence-electron chi connectivity index (χ1n) is 16.6. The zero-order chi connectivity index (χ0) is 36.7. The number of cyclic esters (lactones) is 1. The number of aromatic nitrogens is 1. The zero-order valence-electron chi connectivity index (χ0n) is 30.0. The number of allylic oxidation sites excluding steroid dienone is 7. The number of oxazole rings is 1. The Morgan fingerprint density at radius 1 is 1.16 bits per heavy atom. The Labute approximate surface area is 289 Å². The van der Waals surface area contributed by atoms with E-state index in [0.717, 1.165) is 5.76 Å². The molecule has 12 nitrogen and oxygen atoms in total. The summed E-state index contributed by atoms with van der Waals surface area (Å²) in [6, 6.07) is 0. The quantitative estimate of drug-likeness (QED) is 0.150. The maximum atomic E-state index is 12.9. The number of likely N-dealkylation sites (tertiary alicyclic amines) is 1. The smallest absolute Gasteiger partial charge is 0.339 e. The maximum Gasteiger partial charge on any atom is 0.339 e. The highest BCUT2D eigenvalue weighted by atomic mass is 16.6. The predicted octanol–water partition coefficient (Wildman–Crippen LogP) is 3.13. The van der Waals surface area contributed by atoms with Crippen LogP contribution in [0.2, 0.25) is 0 Å². The number of ether oxygens (including phenoxy) is 2. The number of rotatable bonds is 16. The second kappa shape index (κ2) is 16.2. The summed E-state index contributed by atoms with van der Waals surface area (Å²) >= 11 is 0. The van der Waals surface area contributed by atoms with Gasteiger partial charge in [-0.25, -0.2) is 9.78 Å². The number of aliphatic hydroxyl groups is 3. The summed E-state index contributed by atoms with van der Waals surface area (Å²) in [6.45, 7) is 12.1. The SMILES string of the molecule is CO[C@@H](C[C@@H](C)[C@@H](O)/C=C/C=C/CNC(=O)C(C)(C)[C@H](O)\C(C)=C/C=C\C=C\Cc1cnc(C)o1)[C@]1(O)[C@@H](C)C(=O)N(C)[C@]12C(=O)O[C@@H]2C. The van der Waals surface area contributed by atoms with Crippen LogP contribution in [0.4, 0.5) is 0 Å². The van der Waals surface area contributed by atoms with Gasteiger partial charge in [0.1, 0.15) is 17.5 Å². The van der Waals surface area contributed by atoms with Crippen molar-refractivity contribution in [1.29, 1.82) is 0 Å². The number of hydrogen-bond donors (Lipinski definition) is 4. The summed E-state index contributed by atoms with van der Waals surface area (Å²) in [5.74, 6) is -1.31. The highest BCUT2D eigenvalue weighted by Gasteiger charge is 2.80. The highest BCUT2D eigenvalue weighted by Crippen LogP contribution is 2.54. The predicted molar refractivity (Wildman–Crippen MR) is 184 cm³/mol. The van der Waals surface area contributed by atoms with E-state index in [1.54, 1.807) is 91.1 Å². The van der Waals surface area contributed by atoms with Gasteiger partial charge in [-0.2, -0.15) is 0 Å². The van der Waals surface area contributed by atoms with Crippen LogP contribution in [-0.2, 0) is 30.3 Å². The molecule has 4 N–H and O–H groups in total. The van der Waals surface area contributed by atoms with Gasteiger partial charge in [0.15, 0.2) is 5.89 Å². The molecule has 1 aromatic rings. The normalized spacial score (nSPS) is 27.4. The van der Waals surface area contributed by atoms with Gasteiger partial charge in [0.25, 0.3) is 0 Å². The second-order valence-electron chi connectivity index (χ2n) is 13.6. The van der Waals surface area contributed by atoms with Crippen molar-refractivity contribution in [3.63, 3.8) is 0 Å². The van der Waals surface area contributed by atoms with E-state index < -0.39 is 58.8 Å². The molecule has 270 valence electrons. The Morgan fingerprint density at radius 2 is 1.84 bits per heavy atom. The number of carbonyl (C=O) groups is 3. The molecular weight excluding hydrogens is 630 g/mol. The van der Waals surface area contributed by atoms with Gasteiger partial charge in [-0.15, -0.1) is 0 Å². The first kappa shape index (κ1) is 39.6. The van der Waals surface area contributed by atoms with Crippen molar-refractivity contribution >= 4 is 17.8 Å². The van der Waals surface area contributed by atoms with Crippen LogP contribution in [0.25, 0.3) is 0 Å². The lowest BCUT2D eigenvalue weighted by Gasteiger charge is -2.55. The summed E-state index contributed by atoms with van der Waals surface area (Å²) in [7, 11) is 2.89. The maximum absolute atomic E-state index is 12.9. The van der Waals surface area contributed by atoms with Crippen molar-refractivity contribution in [1.82, 2.24) is 15.2 Å². The Balaban J connectivity index is 1.49. The second-order valence-corrected chi connectivity index (χ2v) is 13.6. The Kier molecular flexibility index (Phi) is 13.1. The molecule has 1 spiro atoms. The molecule has 0 bridgehead atoms. The molecule has 3 rings (SSSR count). The largest absolute Gasteiger partial charge is 0.457 e. The molecule has 3 heterocycles. The van der Waals surface area contributed by atoms with E-state index in [1.165, 1.54) is 19.1 Å². The first-order chi connectivity index (χ1) is 23.0. The van der Waals surface area contributed by atoms with Crippen molar-refractivity contribution in [2.75, 3.05) is 20.7 Å². The van der Waals surface area contributed by atoms with E-state index in [2.05, 4.69) is 10.3 Å². The first-order valence-corrected chi connectivity index (χ1v) is 16.6. The van der Waals surface area contributed by atoms with Gasteiger partial charge in [0.2, 0.25) is 17.4 Å². The van der Waals surface area contributed by atoms with Crippen LogP contribution in [0.5, 0.6) is 0 Å².